The van der Waals surface area contributed by atoms with Gasteiger partial charge in [-0.3, -0.25) is 4.79 Å². The van der Waals surface area contributed by atoms with Gasteiger partial charge in [-0.2, -0.15) is 11.8 Å². The van der Waals surface area contributed by atoms with Gasteiger partial charge in [0.1, 0.15) is 0 Å². The molecule has 1 atom stereocenters. The van der Waals surface area contributed by atoms with E-state index in [1.807, 2.05) is 11.8 Å². The number of hydrogen-bond acceptors (Lipinski definition) is 4. The van der Waals surface area contributed by atoms with Crippen molar-refractivity contribution in [3.8, 4) is 0 Å². The first-order valence-corrected chi connectivity index (χ1v) is 7.66. The smallest absolute Gasteiger partial charge is 0.306 e. The van der Waals surface area contributed by atoms with E-state index in [9.17, 15) is 4.79 Å². The first kappa shape index (κ1) is 13.2. The highest BCUT2D eigenvalue weighted by atomic mass is 32.2. The third-order valence-electron chi connectivity index (χ3n) is 3.69. The van der Waals surface area contributed by atoms with E-state index in [2.05, 4.69) is 0 Å². The molecule has 2 rings (SSSR count). The fraction of sp³-hybridized carbons (Fsp3) is 0.923. The Morgan fingerprint density at radius 1 is 1.47 bits per heavy atom. The van der Waals surface area contributed by atoms with Crippen LogP contribution in [0.1, 0.15) is 38.5 Å². The van der Waals surface area contributed by atoms with E-state index >= 15 is 0 Å². The Morgan fingerprint density at radius 2 is 2.29 bits per heavy atom. The number of carbonyl (C=O) groups is 1. The minimum absolute atomic E-state index is 0.0583. The van der Waals surface area contributed by atoms with Crippen molar-refractivity contribution in [1.29, 1.82) is 0 Å². The van der Waals surface area contributed by atoms with Gasteiger partial charge in [0.05, 0.1) is 19.6 Å². The van der Waals surface area contributed by atoms with Crippen molar-refractivity contribution >= 4 is 17.7 Å². The summed E-state index contributed by atoms with van der Waals surface area (Å²) in [5.41, 5.74) is 0.256. The fourth-order valence-electron chi connectivity index (χ4n) is 2.27. The maximum atomic E-state index is 11.3. The van der Waals surface area contributed by atoms with E-state index in [4.69, 9.17) is 9.47 Å². The van der Waals surface area contributed by atoms with Crippen molar-refractivity contribution < 1.29 is 14.3 Å². The zero-order valence-corrected chi connectivity index (χ0v) is 11.4. The molecular weight excluding hydrogens is 236 g/mol. The lowest BCUT2D eigenvalue weighted by molar-refractivity contribution is -0.141. The van der Waals surface area contributed by atoms with Crippen LogP contribution in [-0.4, -0.2) is 37.3 Å². The lowest BCUT2D eigenvalue weighted by Gasteiger charge is -2.23. The van der Waals surface area contributed by atoms with Gasteiger partial charge in [0.25, 0.3) is 0 Å². The Hall–Kier alpha value is -0.220. The van der Waals surface area contributed by atoms with E-state index in [0.29, 0.717) is 12.5 Å². The van der Waals surface area contributed by atoms with E-state index in [0.717, 1.165) is 18.1 Å². The maximum absolute atomic E-state index is 11.3. The van der Waals surface area contributed by atoms with Crippen molar-refractivity contribution in [2.45, 2.75) is 44.6 Å². The van der Waals surface area contributed by atoms with E-state index in [1.165, 1.54) is 39.2 Å². The van der Waals surface area contributed by atoms with Crippen molar-refractivity contribution in [3.05, 3.63) is 0 Å². The SMILES string of the molecule is COC(=O)CC1(CSCC2CCCCO2)CC1. The minimum atomic E-state index is -0.0583. The van der Waals surface area contributed by atoms with Crippen molar-refractivity contribution in [3.63, 3.8) is 0 Å². The van der Waals surface area contributed by atoms with Gasteiger partial charge in [-0.05, 0) is 43.3 Å². The number of thioether (sulfide) groups is 1. The molecule has 0 bridgehead atoms. The average molecular weight is 258 g/mol. The first-order valence-electron chi connectivity index (χ1n) is 6.50. The number of methoxy groups -OCH3 is 1. The first-order chi connectivity index (χ1) is 8.24. The number of hydrogen-bond donors (Lipinski definition) is 0. The number of ether oxygens (including phenoxy) is 2. The van der Waals surface area contributed by atoms with Crippen LogP contribution in [-0.2, 0) is 14.3 Å². The third-order valence-corrected chi connectivity index (χ3v) is 5.11. The number of esters is 1. The standard InChI is InChI=1S/C13H22O3S/c1-15-12(14)8-13(5-6-13)10-17-9-11-4-2-3-7-16-11/h11H,2-10H2,1H3. The lowest BCUT2D eigenvalue weighted by atomic mass is 10.1. The van der Waals surface area contributed by atoms with Crippen LogP contribution in [0, 0.1) is 5.41 Å². The second-order valence-corrected chi connectivity index (χ2v) is 6.29. The van der Waals surface area contributed by atoms with Gasteiger partial charge in [0, 0.05) is 12.4 Å². The summed E-state index contributed by atoms with van der Waals surface area (Å²) in [7, 11) is 1.47. The highest BCUT2D eigenvalue weighted by molar-refractivity contribution is 7.99. The van der Waals surface area contributed by atoms with Crippen LogP contribution in [0.3, 0.4) is 0 Å². The molecule has 17 heavy (non-hydrogen) atoms. The summed E-state index contributed by atoms with van der Waals surface area (Å²) in [5, 5.41) is 0. The summed E-state index contributed by atoms with van der Waals surface area (Å²) < 4.78 is 10.5. The predicted molar refractivity (Wildman–Crippen MR) is 69.2 cm³/mol. The molecule has 1 aliphatic carbocycles. The molecule has 3 nitrogen and oxygen atoms in total. The van der Waals surface area contributed by atoms with Gasteiger partial charge in [0.15, 0.2) is 0 Å². The van der Waals surface area contributed by atoms with E-state index in [1.54, 1.807) is 0 Å². The molecule has 2 aliphatic rings. The predicted octanol–water partition coefficient (Wildman–Crippen LogP) is 2.63. The maximum Gasteiger partial charge on any atom is 0.306 e. The topological polar surface area (TPSA) is 35.5 Å². The van der Waals surface area contributed by atoms with Gasteiger partial charge in [0.2, 0.25) is 0 Å². The van der Waals surface area contributed by atoms with Crippen molar-refractivity contribution in [2.24, 2.45) is 5.41 Å². The zero-order valence-electron chi connectivity index (χ0n) is 10.6. The Morgan fingerprint density at radius 3 is 2.88 bits per heavy atom. The Bertz CT molecular complexity index is 257. The molecular formula is C13H22O3S. The molecule has 1 aliphatic heterocycles. The van der Waals surface area contributed by atoms with Crippen LogP contribution in [0.2, 0.25) is 0 Å². The molecule has 4 heteroatoms. The highest BCUT2D eigenvalue weighted by Gasteiger charge is 2.44. The average Bonchev–Trinajstić information content (AvgIpc) is 3.10. The van der Waals surface area contributed by atoms with Crippen molar-refractivity contribution in [1.82, 2.24) is 0 Å². The van der Waals surface area contributed by atoms with Crippen LogP contribution in [0.4, 0.5) is 0 Å². The van der Waals surface area contributed by atoms with Crippen LogP contribution in [0.25, 0.3) is 0 Å². The highest BCUT2D eigenvalue weighted by Crippen LogP contribution is 2.51. The molecule has 2 fully saturated rings. The second-order valence-electron chi connectivity index (χ2n) is 5.26. The third kappa shape index (κ3) is 4.18. The molecule has 0 aromatic heterocycles. The molecule has 0 aromatic rings. The molecule has 1 saturated carbocycles. The number of rotatable bonds is 6. The van der Waals surface area contributed by atoms with Crippen molar-refractivity contribution in [2.75, 3.05) is 25.2 Å². The molecule has 1 saturated heterocycles. The minimum Gasteiger partial charge on any atom is -0.469 e. The zero-order chi connectivity index (χ0) is 12.1. The van der Waals surface area contributed by atoms with Gasteiger partial charge in [-0.15, -0.1) is 0 Å². The second kappa shape index (κ2) is 6.10. The fourth-order valence-corrected chi connectivity index (χ4v) is 3.74. The largest absolute Gasteiger partial charge is 0.469 e. The summed E-state index contributed by atoms with van der Waals surface area (Å²) in [4.78, 5) is 11.3. The molecule has 1 heterocycles. The Balaban J connectivity index is 1.62. The monoisotopic (exact) mass is 258 g/mol. The molecule has 98 valence electrons. The van der Waals surface area contributed by atoms with E-state index < -0.39 is 0 Å². The Labute approximate surface area is 108 Å². The van der Waals surface area contributed by atoms with Gasteiger partial charge in [-0.1, -0.05) is 0 Å². The lowest BCUT2D eigenvalue weighted by Crippen LogP contribution is -2.22. The summed E-state index contributed by atoms with van der Waals surface area (Å²) >= 11 is 1.95. The van der Waals surface area contributed by atoms with Crippen LogP contribution >= 0.6 is 11.8 Å². The number of carbonyl (C=O) groups excluding carboxylic acids is 1. The Kier molecular flexibility index (Phi) is 4.74. The molecule has 0 amide bonds. The normalized spacial score (nSPS) is 26.5. The summed E-state index contributed by atoms with van der Waals surface area (Å²) in [6.45, 7) is 0.929. The van der Waals surface area contributed by atoms with Crippen LogP contribution in [0.15, 0.2) is 0 Å². The van der Waals surface area contributed by atoms with E-state index in [-0.39, 0.29) is 11.4 Å². The summed E-state index contributed by atoms with van der Waals surface area (Å²) in [6, 6.07) is 0. The molecule has 1 unspecified atom stereocenters. The molecule has 0 aromatic carbocycles. The van der Waals surface area contributed by atoms with Crippen LogP contribution in [0.5, 0.6) is 0 Å². The van der Waals surface area contributed by atoms with Gasteiger partial charge < -0.3 is 9.47 Å². The molecule has 0 N–H and O–H groups in total. The molecule has 0 radical (unpaired) electrons. The quantitative estimate of drug-likeness (QED) is 0.686. The summed E-state index contributed by atoms with van der Waals surface area (Å²) in [6.07, 6.45) is 7.13. The summed E-state index contributed by atoms with van der Waals surface area (Å²) in [5.74, 6) is 2.11. The molecule has 0 spiro atoms. The van der Waals surface area contributed by atoms with Crippen LogP contribution < -0.4 is 0 Å². The van der Waals surface area contributed by atoms with Gasteiger partial charge in [-0.25, -0.2) is 0 Å². The van der Waals surface area contributed by atoms with Gasteiger partial charge >= 0.3 is 5.97 Å².